The fourth-order valence-electron chi connectivity index (χ4n) is 2.68. The normalized spacial score (nSPS) is 23.9. The molecule has 2 nitrogen and oxygen atoms in total. The van der Waals surface area contributed by atoms with Gasteiger partial charge in [-0.2, -0.15) is 0 Å². The largest absolute Gasteiger partial charge is 0.493 e. The van der Waals surface area contributed by atoms with Crippen molar-refractivity contribution in [2.45, 2.75) is 31.7 Å². The smallest absolute Gasteiger partial charge is 0.127 e. The zero-order chi connectivity index (χ0) is 11.0. The first-order valence-electron chi connectivity index (χ1n) is 6.03. The molecule has 1 aromatic rings. The zero-order valence-corrected chi connectivity index (χ0v) is 10.0. The predicted octanol–water partition coefficient (Wildman–Crippen LogP) is 3.09. The molecule has 0 aromatic heterocycles. The highest BCUT2D eigenvalue weighted by Gasteiger charge is 2.24. The molecule has 3 rings (SSSR count). The Morgan fingerprint density at radius 3 is 3.06 bits per heavy atom. The van der Waals surface area contributed by atoms with Gasteiger partial charge in [0.05, 0.1) is 6.61 Å². The summed E-state index contributed by atoms with van der Waals surface area (Å²) in [5.74, 6) is 1.09. The molecule has 0 spiro atoms. The number of ether oxygens (including phenoxy) is 1. The third kappa shape index (κ3) is 1.80. The third-order valence-corrected chi connectivity index (χ3v) is 3.65. The molecule has 0 radical (unpaired) electrons. The van der Waals surface area contributed by atoms with E-state index in [2.05, 4.69) is 17.4 Å². The van der Waals surface area contributed by atoms with Crippen LogP contribution in [0.1, 0.15) is 36.4 Å². The number of benzene rings is 1. The van der Waals surface area contributed by atoms with Crippen molar-refractivity contribution in [2.75, 3.05) is 13.2 Å². The van der Waals surface area contributed by atoms with Gasteiger partial charge in [-0.15, -0.1) is 0 Å². The number of fused-ring (bicyclic) bond motifs is 1. The van der Waals surface area contributed by atoms with Crippen LogP contribution in [0.15, 0.2) is 12.1 Å². The molecule has 86 valence electrons. The Morgan fingerprint density at radius 2 is 2.25 bits per heavy atom. The van der Waals surface area contributed by atoms with Crippen LogP contribution in [-0.4, -0.2) is 13.2 Å². The maximum absolute atomic E-state index is 6.18. The minimum atomic E-state index is 0.436. The van der Waals surface area contributed by atoms with Crippen LogP contribution in [0, 0.1) is 0 Å². The lowest BCUT2D eigenvalue weighted by atomic mass is 9.97. The molecule has 1 aromatic carbocycles. The molecule has 2 heterocycles. The summed E-state index contributed by atoms with van der Waals surface area (Å²) in [4.78, 5) is 0. The molecule has 1 atom stereocenters. The van der Waals surface area contributed by atoms with E-state index in [1.165, 1.54) is 24.0 Å². The second-order valence-corrected chi connectivity index (χ2v) is 5.02. The maximum Gasteiger partial charge on any atom is 0.127 e. The van der Waals surface area contributed by atoms with Crippen molar-refractivity contribution in [3.63, 3.8) is 0 Å². The van der Waals surface area contributed by atoms with Crippen molar-refractivity contribution in [1.29, 1.82) is 0 Å². The Balaban J connectivity index is 2.04. The monoisotopic (exact) mass is 237 g/mol. The van der Waals surface area contributed by atoms with E-state index in [0.29, 0.717) is 6.04 Å². The average Bonchev–Trinajstić information content (AvgIpc) is 2.81. The van der Waals surface area contributed by atoms with Crippen LogP contribution >= 0.6 is 11.6 Å². The zero-order valence-electron chi connectivity index (χ0n) is 9.26. The first-order chi connectivity index (χ1) is 7.84. The van der Waals surface area contributed by atoms with Gasteiger partial charge in [0.15, 0.2) is 0 Å². The first kappa shape index (κ1) is 10.4. The van der Waals surface area contributed by atoms with Crippen LogP contribution in [-0.2, 0) is 6.42 Å². The molecule has 1 N–H and O–H groups in total. The van der Waals surface area contributed by atoms with Gasteiger partial charge >= 0.3 is 0 Å². The molecule has 0 saturated carbocycles. The van der Waals surface area contributed by atoms with Crippen LogP contribution in [0.4, 0.5) is 0 Å². The van der Waals surface area contributed by atoms with Crippen molar-refractivity contribution in [3.8, 4) is 5.75 Å². The fraction of sp³-hybridized carbons (Fsp3) is 0.538. The summed E-state index contributed by atoms with van der Waals surface area (Å²) in [6.07, 6.45) is 4.63. The maximum atomic E-state index is 6.18. The van der Waals surface area contributed by atoms with E-state index >= 15 is 0 Å². The summed E-state index contributed by atoms with van der Waals surface area (Å²) in [7, 11) is 0. The number of hydrogen-bond donors (Lipinski definition) is 1. The quantitative estimate of drug-likeness (QED) is 0.811. The van der Waals surface area contributed by atoms with Gasteiger partial charge in [-0.25, -0.2) is 0 Å². The van der Waals surface area contributed by atoms with Crippen molar-refractivity contribution < 1.29 is 4.74 Å². The second-order valence-electron chi connectivity index (χ2n) is 4.58. The molecule has 0 bridgehead atoms. The summed E-state index contributed by atoms with van der Waals surface area (Å²) < 4.78 is 5.82. The van der Waals surface area contributed by atoms with E-state index < -0.39 is 0 Å². The molecule has 1 fully saturated rings. The van der Waals surface area contributed by atoms with Crippen LogP contribution in [0.2, 0.25) is 5.02 Å². The van der Waals surface area contributed by atoms with E-state index in [0.717, 1.165) is 36.8 Å². The molecule has 3 heteroatoms. The highest BCUT2D eigenvalue weighted by Crippen LogP contribution is 2.38. The average molecular weight is 238 g/mol. The number of aryl methyl sites for hydroxylation is 1. The van der Waals surface area contributed by atoms with Crippen molar-refractivity contribution in [2.24, 2.45) is 0 Å². The van der Waals surface area contributed by atoms with Gasteiger partial charge in [0, 0.05) is 16.6 Å². The topological polar surface area (TPSA) is 21.3 Å². The van der Waals surface area contributed by atoms with E-state index in [1.54, 1.807) is 0 Å². The van der Waals surface area contributed by atoms with E-state index in [4.69, 9.17) is 16.3 Å². The van der Waals surface area contributed by atoms with E-state index in [-0.39, 0.29) is 0 Å². The molecule has 1 saturated heterocycles. The van der Waals surface area contributed by atoms with Crippen LogP contribution in [0.5, 0.6) is 5.75 Å². The Kier molecular flexibility index (Phi) is 2.78. The summed E-state index contributed by atoms with van der Waals surface area (Å²) in [6.45, 7) is 1.94. The lowest BCUT2D eigenvalue weighted by molar-refractivity contribution is 0.282. The van der Waals surface area contributed by atoms with Crippen molar-refractivity contribution in [1.82, 2.24) is 5.32 Å². The minimum absolute atomic E-state index is 0.436. The molecule has 2 aliphatic rings. The molecule has 0 unspecified atom stereocenters. The number of nitrogens with one attached hydrogen (secondary N) is 1. The molecule has 16 heavy (non-hydrogen) atoms. The van der Waals surface area contributed by atoms with Gasteiger partial charge in [0.1, 0.15) is 5.75 Å². The van der Waals surface area contributed by atoms with Gasteiger partial charge in [0.25, 0.3) is 0 Å². The van der Waals surface area contributed by atoms with Crippen molar-refractivity contribution >= 4 is 11.6 Å². The van der Waals surface area contributed by atoms with Crippen LogP contribution < -0.4 is 10.1 Å². The number of halogens is 1. The predicted molar refractivity (Wildman–Crippen MR) is 65.2 cm³/mol. The first-order valence-corrected chi connectivity index (χ1v) is 6.41. The van der Waals surface area contributed by atoms with Crippen molar-refractivity contribution in [3.05, 3.63) is 28.3 Å². The summed E-state index contributed by atoms with van der Waals surface area (Å²) in [5, 5.41) is 4.35. The summed E-state index contributed by atoms with van der Waals surface area (Å²) in [6, 6.07) is 4.55. The van der Waals surface area contributed by atoms with E-state index in [1.807, 2.05) is 0 Å². The standard InChI is InChI=1S/C13H16ClNO/c14-10-7-9-3-2-6-16-13(9)11(8-10)12-4-1-5-15-12/h7-8,12,15H,1-6H2/t12-/m1/s1. The molecular weight excluding hydrogens is 222 g/mol. The van der Waals surface area contributed by atoms with Crippen LogP contribution in [0.3, 0.4) is 0 Å². The van der Waals surface area contributed by atoms with Gasteiger partial charge in [0.2, 0.25) is 0 Å². The highest BCUT2D eigenvalue weighted by atomic mass is 35.5. The summed E-state index contributed by atoms with van der Waals surface area (Å²) in [5.41, 5.74) is 2.54. The van der Waals surface area contributed by atoms with Gasteiger partial charge in [-0.05, 0) is 49.9 Å². The lowest BCUT2D eigenvalue weighted by Gasteiger charge is -2.23. The Morgan fingerprint density at radius 1 is 1.31 bits per heavy atom. The second kappa shape index (κ2) is 4.27. The molecule has 2 aliphatic heterocycles. The Bertz CT molecular complexity index is 399. The SMILES string of the molecule is Clc1cc2c(c([C@H]3CCCN3)c1)OCCC2. The van der Waals surface area contributed by atoms with Crippen LogP contribution in [0.25, 0.3) is 0 Å². The van der Waals surface area contributed by atoms with Gasteiger partial charge < -0.3 is 10.1 Å². The molecule has 0 aliphatic carbocycles. The molecular formula is C13H16ClNO. The molecule has 0 amide bonds. The Hall–Kier alpha value is -0.730. The number of rotatable bonds is 1. The lowest BCUT2D eigenvalue weighted by Crippen LogP contribution is -2.17. The van der Waals surface area contributed by atoms with Gasteiger partial charge in [-0.1, -0.05) is 11.6 Å². The Labute approximate surface area is 101 Å². The number of hydrogen-bond acceptors (Lipinski definition) is 2. The minimum Gasteiger partial charge on any atom is -0.493 e. The highest BCUT2D eigenvalue weighted by molar-refractivity contribution is 6.30. The fourth-order valence-corrected chi connectivity index (χ4v) is 2.93. The van der Waals surface area contributed by atoms with E-state index in [9.17, 15) is 0 Å². The van der Waals surface area contributed by atoms with Gasteiger partial charge in [-0.3, -0.25) is 0 Å². The third-order valence-electron chi connectivity index (χ3n) is 3.43. The summed E-state index contributed by atoms with van der Waals surface area (Å²) >= 11 is 6.18.